The number of anilines is 1. The highest BCUT2D eigenvalue weighted by molar-refractivity contribution is 5.40. The van der Waals surface area contributed by atoms with E-state index >= 15 is 0 Å². The fraction of sp³-hybridized carbons (Fsp3) is 0.529. The second kappa shape index (κ2) is 5.93. The number of aromatic nitrogens is 3. The summed E-state index contributed by atoms with van der Waals surface area (Å²) in [5, 5.41) is 5.67. The first kappa shape index (κ1) is 16.2. The number of pyridine rings is 1. The summed E-state index contributed by atoms with van der Waals surface area (Å²) in [5.41, 5.74) is 0.236. The van der Waals surface area contributed by atoms with Crippen LogP contribution in [0.2, 0.25) is 0 Å². The van der Waals surface area contributed by atoms with Crippen molar-refractivity contribution in [3.8, 4) is 5.88 Å². The number of H-pyrrole nitrogens is 1. The maximum absolute atomic E-state index is 12.7. The van der Waals surface area contributed by atoms with Gasteiger partial charge in [0.2, 0.25) is 5.88 Å². The van der Waals surface area contributed by atoms with E-state index in [0.29, 0.717) is 0 Å². The monoisotopic (exact) mass is 352 g/mol. The smallest absolute Gasteiger partial charge is 0.432 e. The molecule has 2 aromatic rings. The van der Waals surface area contributed by atoms with E-state index in [1.54, 1.807) is 0 Å². The van der Waals surface area contributed by atoms with Gasteiger partial charge in [0.1, 0.15) is 17.6 Å². The number of hydrogen-bond donors (Lipinski definition) is 1. The maximum Gasteiger partial charge on any atom is 0.432 e. The fourth-order valence-electron chi connectivity index (χ4n) is 3.85. The van der Waals surface area contributed by atoms with Crippen molar-refractivity contribution in [2.45, 2.75) is 32.0 Å². The van der Waals surface area contributed by atoms with Gasteiger partial charge in [-0.1, -0.05) is 6.07 Å². The second-order valence-corrected chi connectivity index (χ2v) is 6.90. The van der Waals surface area contributed by atoms with Crippen molar-refractivity contribution in [2.75, 3.05) is 18.0 Å². The Morgan fingerprint density at radius 3 is 2.48 bits per heavy atom. The molecule has 1 aliphatic heterocycles. The minimum atomic E-state index is -4.44. The Bertz CT molecular complexity index is 729. The van der Waals surface area contributed by atoms with E-state index in [1.807, 2.05) is 30.4 Å². The summed E-state index contributed by atoms with van der Waals surface area (Å²) in [5.74, 6) is 1.51. The number of nitrogens with zero attached hydrogens (tertiary/aromatic N) is 3. The average Bonchev–Trinajstić information content (AvgIpc) is 3.11. The number of aryl methyl sites for hydroxylation is 1. The molecule has 8 heteroatoms. The molecule has 0 aromatic carbocycles. The topological polar surface area (TPSA) is 54.0 Å². The molecule has 1 saturated heterocycles. The number of halogens is 3. The standard InChI is InChI=1S/C17H19F3N4O/c1-10-2-5-14(21-7-10)24-8-11-3-4-12(9-24)16(11)25-15-6-13(22-23-15)17(18,19)20/h2,5-7,11-12,16H,3-4,8-9H2,1H3,(H,22,23)/t11-,12+,16?. The molecular formula is C17H19F3N4O. The van der Waals surface area contributed by atoms with Crippen LogP contribution in [0.4, 0.5) is 19.0 Å². The fourth-order valence-corrected chi connectivity index (χ4v) is 3.85. The lowest BCUT2D eigenvalue weighted by Gasteiger charge is -2.38. The van der Waals surface area contributed by atoms with Crippen LogP contribution in [0.15, 0.2) is 24.4 Å². The molecule has 1 unspecified atom stereocenters. The predicted octanol–water partition coefficient (Wildman–Crippen LogP) is 3.43. The Morgan fingerprint density at radius 1 is 1.20 bits per heavy atom. The molecule has 134 valence electrons. The van der Waals surface area contributed by atoms with Crippen molar-refractivity contribution in [2.24, 2.45) is 11.8 Å². The van der Waals surface area contributed by atoms with Crippen LogP contribution in [0.3, 0.4) is 0 Å². The Balaban J connectivity index is 1.45. The molecule has 3 heterocycles. The normalized spacial score (nSPS) is 26.1. The molecule has 1 saturated carbocycles. The number of piperidine rings is 1. The highest BCUT2D eigenvalue weighted by Crippen LogP contribution is 2.40. The maximum atomic E-state index is 12.7. The predicted molar refractivity (Wildman–Crippen MR) is 85.4 cm³/mol. The molecule has 0 radical (unpaired) electrons. The molecule has 3 atom stereocenters. The first-order valence-electron chi connectivity index (χ1n) is 8.37. The van der Waals surface area contributed by atoms with Crippen molar-refractivity contribution in [1.29, 1.82) is 0 Å². The van der Waals surface area contributed by atoms with Gasteiger partial charge in [0.05, 0.1) is 0 Å². The van der Waals surface area contributed by atoms with Crippen LogP contribution < -0.4 is 9.64 Å². The van der Waals surface area contributed by atoms with Gasteiger partial charge in [0, 0.05) is 37.2 Å². The molecule has 5 nitrogen and oxygen atoms in total. The summed E-state index contributed by atoms with van der Waals surface area (Å²) in [7, 11) is 0. The van der Waals surface area contributed by atoms with Crippen LogP contribution in [0.5, 0.6) is 5.88 Å². The van der Waals surface area contributed by atoms with E-state index in [9.17, 15) is 13.2 Å². The summed E-state index contributed by atoms with van der Waals surface area (Å²) < 4.78 is 43.8. The third-order valence-electron chi connectivity index (χ3n) is 5.08. The van der Waals surface area contributed by atoms with Gasteiger partial charge in [-0.25, -0.2) is 4.98 Å². The number of rotatable bonds is 3. The van der Waals surface area contributed by atoms with Crippen molar-refractivity contribution in [3.05, 3.63) is 35.7 Å². The summed E-state index contributed by atoms with van der Waals surface area (Å²) >= 11 is 0. The van der Waals surface area contributed by atoms with Gasteiger partial charge in [0.25, 0.3) is 0 Å². The SMILES string of the molecule is Cc1ccc(N2C[C@H]3CC[C@@H](C2)C3Oc2cc(C(F)(F)F)[nH]n2)nc1. The molecular weight excluding hydrogens is 333 g/mol. The molecule has 1 aliphatic carbocycles. The third-order valence-corrected chi connectivity index (χ3v) is 5.08. The molecule has 2 fully saturated rings. The molecule has 25 heavy (non-hydrogen) atoms. The van der Waals surface area contributed by atoms with E-state index in [0.717, 1.165) is 43.4 Å². The number of fused-ring (bicyclic) bond motifs is 2. The quantitative estimate of drug-likeness (QED) is 0.920. The highest BCUT2D eigenvalue weighted by Gasteiger charge is 2.44. The van der Waals surface area contributed by atoms with Crippen LogP contribution in [-0.2, 0) is 6.18 Å². The first-order chi connectivity index (χ1) is 11.9. The molecule has 2 aliphatic rings. The van der Waals surface area contributed by atoms with E-state index in [-0.39, 0.29) is 23.8 Å². The van der Waals surface area contributed by atoms with E-state index in [2.05, 4.69) is 15.0 Å². The Hall–Kier alpha value is -2.25. The third kappa shape index (κ3) is 3.17. The van der Waals surface area contributed by atoms with E-state index < -0.39 is 11.9 Å². The van der Waals surface area contributed by atoms with Crippen LogP contribution >= 0.6 is 0 Å². The van der Waals surface area contributed by atoms with Crippen molar-refractivity contribution in [1.82, 2.24) is 15.2 Å². The van der Waals surface area contributed by atoms with E-state index in [1.165, 1.54) is 0 Å². The summed E-state index contributed by atoms with van der Waals surface area (Å²) in [6.07, 6.45) is -0.662. The zero-order valence-electron chi connectivity index (χ0n) is 13.8. The lowest BCUT2D eigenvalue weighted by Crippen LogP contribution is -2.47. The van der Waals surface area contributed by atoms with Gasteiger partial charge < -0.3 is 9.64 Å². The largest absolute Gasteiger partial charge is 0.473 e. The minimum absolute atomic E-state index is 0.0242. The summed E-state index contributed by atoms with van der Waals surface area (Å²) in [6, 6.07) is 4.99. The Morgan fingerprint density at radius 2 is 1.92 bits per heavy atom. The van der Waals surface area contributed by atoms with Crippen LogP contribution in [0.1, 0.15) is 24.1 Å². The molecule has 0 spiro atoms. The molecule has 2 bridgehead atoms. The van der Waals surface area contributed by atoms with Gasteiger partial charge in [0.15, 0.2) is 0 Å². The van der Waals surface area contributed by atoms with Gasteiger partial charge in [-0.2, -0.15) is 13.2 Å². The van der Waals surface area contributed by atoms with E-state index in [4.69, 9.17) is 4.74 Å². The minimum Gasteiger partial charge on any atom is -0.473 e. The number of alkyl halides is 3. The van der Waals surface area contributed by atoms with Crippen molar-refractivity contribution < 1.29 is 17.9 Å². The molecule has 2 aromatic heterocycles. The van der Waals surface area contributed by atoms with Crippen LogP contribution in [0, 0.1) is 18.8 Å². The van der Waals surface area contributed by atoms with Crippen molar-refractivity contribution >= 4 is 5.82 Å². The number of nitrogens with one attached hydrogen (secondary N) is 1. The lowest BCUT2D eigenvalue weighted by atomic mass is 9.95. The Kier molecular flexibility index (Phi) is 3.85. The summed E-state index contributed by atoms with van der Waals surface area (Å²) in [4.78, 5) is 6.72. The zero-order valence-corrected chi connectivity index (χ0v) is 13.8. The molecule has 1 N–H and O–H groups in total. The number of ether oxygens (including phenoxy) is 1. The second-order valence-electron chi connectivity index (χ2n) is 6.90. The van der Waals surface area contributed by atoms with Crippen molar-refractivity contribution in [3.63, 3.8) is 0 Å². The average molecular weight is 352 g/mol. The van der Waals surface area contributed by atoms with Gasteiger partial charge in [-0.3, -0.25) is 5.10 Å². The van der Waals surface area contributed by atoms with Gasteiger partial charge in [-0.05, 0) is 31.4 Å². The molecule has 4 rings (SSSR count). The van der Waals surface area contributed by atoms with Gasteiger partial charge >= 0.3 is 6.18 Å². The first-order valence-corrected chi connectivity index (χ1v) is 8.37. The number of hydrogen-bond acceptors (Lipinski definition) is 4. The number of aromatic amines is 1. The summed E-state index contributed by atoms with van der Waals surface area (Å²) in [6.45, 7) is 3.60. The molecule has 0 amide bonds. The van der Waals surface area contributed by atoms with Crippen LogP contribution in [-0.4, -0.2) is 34.4 Å². The Labute approximate surface area is 143 Å². The zero-order chi connectivity index (χ0) is 17.6. The lowest BCUT2D eigenvalue weighted by molar-refractivity contribution is -0.141. The highest BCUT2D eigenvalue weighted by atomic mass is 19.4. The van der Waals surface area contributed by atoms with Gasteiger partial charge in [-0.15, -0.1) is 5.10 Å². The van der Waals surface area contributed by atoms with Crippen LogP contribution in [0.25, 0.3) is 0 Å².